The van der Waals surface area contributed by atoms with E-state index in [-0.39, 0.29) is 6.79 Å². The Labute approximate surface area is 193 Å². The molecule has 0 fully saturated rings. The summed E-state index contributed by atoms with van der Waals surface area (Å²) in [5.74, 6) is 3.24. The molecule has 9 heteroatoms. The van der Waals surface area contributed by atoms with Gasteiger partial charge in [0.1, 0.15) is 11.5 Å². The molecule has 2 aromatic rings. The van der Waals surface area contributed by atoms with Crippen LogP contribution in [-0.4, -0.2) is 51.4 Å². The number of aryl methyl sites for hydroxylation is 2. The average molecular weight is 456 g/mol. The predicted octanol–water partition coefficient (Wildman–Crippen LogP) is 4.18. The van der Waals surface area contributed by atoms with Gasteiger partial charge in [-0.2, -0.15) is 4.40 Å². The van der Waals surface area contributed by atoms with E-state index in [4.69, 9.17) is 14.2 Å². The molecule has 0 saturated carbocycles. The Morgan fingerprint density at radius 2 is 2.00 bits per heavy atom. The van der Waals surface area contributed by atoms with Crippen molar-refractivity contribution in [1.82, 2.24) is 5.32 Å². The molecule has 0 aliphatic carbocycles. The second-order valence-corrected chi connectivity index (χ2v) is 7.78. The molecule has 0 radical (unpaired) electrons. The Hall–Kier alpha value is -3.04. The van der Waals surface area contributed by atoms with Crippen LogP contribution in [0.2, 0.25) is 0 Å². The van der Waals surface area contributed by atoms with E-state index in [2.05, 4.69) is 37.8 Å². The summed E-state index contributed by atoms with van der Waals surface area (Å²) < 4.78 is 20.7. The van der Waals surface area contributed by atoms with Crippen molar-refractivity contribution in [2.24, 2.45) is 14.4 Å². The summed E-state index contributed by atoms with van der Waals surface area (Å²) in [6.45, 7) is 9.68. The summed E-state index contributed by atoms with van der Waals surface area (Å²) >= 11 is 1.28. The molecule has 170 valence electrons. The van der Waals surface area contributed by atoms with Crippen molar-refractivity contribution in [3.05, 3.63) is 53.1 Å². The zero-order valence-electron chi connectivity index (χ0n) is 18.7. The Balaban J connectivity index is 1.56. The zero-order valence-corrected chi connectivity index (χ0v) is 19.5. The van der Waals surface area contributed by atoms with Gasteiger partial charge >= 0.3 is 0 Å². The molecule has 8 nitrogen and oxygen atoms in total. The number of hydrogen-bond acceptors (Lipinski definition) is 8. The Kier molecular flexibility index (Phi) is 8.94. The van der Waals surface area contributed by atoms with Crippen molar-refractivity contribution in [2.45, 2.75) is 20.3 Å². The Morgan fingerprint density at radius 1 is 1.19 bits per heavy atom. The molecule has 0 atom stereocenters. The smallest absolute Gasteiger partial charge is 0.195 e. The lowest BCUT2D eigenvalue weighted by Crippen LogP contribution is -2.35. The molecule has 2 N–H and O–H groups in total. The van der Waals surface area contributed by atoms with Gasteiger partial charge in [0, 0.05) is 43.4 Å². The summed E-state index contributed by atoms with van der Waals surface area (Å²) in [7, 11) is 1.58. The van der Waals surface area contributed by atoms with E-state index >= 15 is 0 Å². The first-order valence-corrected chi connectivity index (χ1v) is 11.2. The maximum atomic E-state index is 5.94. The second kappa shape index (κ2) is 12.1. The normalized spacial score (nSPS) is 13.7. The van der Waals surface area contributed by atoms with Gasteiger partial charge in [-0.3, -0.25) is 4.99 Å². The minimum Gasteiger partial charge on any atom is -0.481 e. The van der Waals surface area contributed by atoms with Crippen LogP contribution in [0.25, 0.3) is 0 Å². The molecule has 0 aromatic heterocycles. The molecule has 1 heterocycles. The van der Waals surface area contributed by atoms with Gasteiger partial charge in [-0.25, -0.2) is 4.99 Å². The summed E-state index contributed by atoms with van der Waals surface area (Å²) in [4.78, 5) is 8.49. The van der Waals surface area contributed by atoms with Crippen LogP contribution in [0.4, 0.5) is 5.69 Å². The number of aliphatic imine (C=N–C) groups is 2. The maximum absolute atomic E-state index is 5.94. The minimum absolute atomic E-state index is 0.203. The molecular weight excluding hydrogens is 426 g/mol. The molecule has 3 rings (SSSR count). The lowest BCUT2D eigenvalue weighted by atomic mass is 10.1. The van der Waals surface area contributed by atoms with E-state index in [0.717, 1.165) is 53.6 Å². The number of guanidine groups is 1. The molecular formula is C23H29N5O3S. The average Bonchev–Trinajstić information content (AvgIpc) is 2.82. The Bertz CT molecular complexity index is 976. The standard InChI is InChI=1S/C23H29N5O3S/c1-16-13-21(17(2)12-20(16)27-23-25-10-5-11-26-23)31-15-32-28-22(24-3)18-6-8-19(9-7-18)30-14-29-4/h6-9,12-13H,3,5,10-11,14-15H2,1-2,4H3,(H2,25,26,27)/b28-22-. The van der Waals surface area contributed by atoms with Gasteiger partial charge in [0.25, 0.3) is 0 Å². The molecule has 0 amide bonds. The number of benzene rings is 2. The van der Waals surface area contributed by atoms with Crippen LogP contribution in [0.15, 0.2) is 50.8 Å². The minimum atomic E-state index is 0.203. The molecule has 1 aliphatic rings. The lowest BCUT2D eigenvalue weighted by molar-refractivity contribution is 0.0511. The fourth-order valence-electron chi connectivity index (χ4n) is 3.00. The number of anilines is 1. The van der Waals surface area contributed by atoms with Crippen LogP contribution in [0.5, 0.6) is 11.5 Å². The van der Waals surface area contributed by atoms with E-state index in [9.17, 15) is 0 Å². The van der Waals surface area contributed by atoms with Crippen LogP contribution < -0.4 is 20.1 Å². The highest BCUT2D eigenvalue weighted by Crippen LogP contribution is 2.27. The highest BCUT2D eigenvalue weighted by molar-refractivity contribution is 7.98. The molecule has 32 heavy (non-hydrogen) atoms. The number of nitrogens with zero attached hydrogens (tertiary/aromatic N) is 3. The highest BCUT2D eigenvalue weighted by Gasteiger charge is 2.10. The molecule has 2 aromatic carbocycles. The summed E-state index contributed by atoms with van der Waals surface area (Å²) in [6, 6.07) is 11.5. The third-order valence-corrected chi connectivity index (χ3v) is 5.22. The first-order valence-electron chi connectivity index (χ1n) is 10.3. The molecule has 0 spiro atoms. The van der Waals surface area contributed by atoms with Gasteiger partial charge in [0.05, 0.1) is 0 Å². The number of hydrogen-bond donors (Lipinski definition) is 2. The van der Waals surface area contributed by atoms with Crippen molar-refractivity contribution in [1.29, 1.82) is 0 Å². The van der Waals surface area contributed by atoms with Gasteiger partial charge in [-0.15, -0.1) is 0 Å². The lowest BCUT2D eigenvalue weighted by Gasteiger charge is -2.18. The number of ether oxygens (including phenoxy) is 3. The molecule has 1 aliphatic heterocycles. The van der Waals surface area contributed by atoms with Crippen molar-refractivity contribution in [3.8, 4) is 11.5 Å². The largest absolute Gasteiger partial charge is 0.481 e. The van der Waals surface area contributed by atoms with Crippen LogP contribution in [-0.2, 0) is 4.74 Å². The number of amidine groups is 1. The monoisotopic (exact) mass is 455 g/mol. The van der Waals surface area contributed by atoms with E-state index in [1.165, 1.54) is 11.9 Å². The fraction of sp³-hybridized carbons (Fsp3) is 0.348. The first kappa shape index (κ1) is 23.6. The van der Waals surface area contributed by atoms with E-state index in [1.807, 2.05) is 44.2 Å². The van der Waals surface area contributed by atoms with Crippen molar-refractivity contribution >= 4 is 36.1 Å². The predicted molar refractivity (Wildman–Crippen MR) is 133 cm³/mol. The van der Waals surface area contributed by atoms with Crippen LogP contribution in [0, 0.1) is 13.8 Å². The van der Waals surface area contributed by atoms with Crippen LogP contribution >= 0.6 is 11.9 Å². The maximum Gasteiger partial charge on any atom is 0.195 e. The zero-order chi connectivity index (χ0) is 22.8. The number of nitrogens with one attached hydrogen (secondary N) is 2. The Morgan fingerprint density at radius 3 is 2.69 bits per heavy atom. The van der Waals surface area contributed by atoms with Gasteiger partial charge in [-0.05, 0) is 74.5 Å². The van der Waals surface area contributed by atoms with E-state index < -0.39 is 0 Å². The summed E-state index contributed by atoms with van der Waals surface area (Å²) in [6.07, 6.45) is 1.06. The van der Waals surface area contributed by atoms with Crippen LogP contribution in [0.1, 0.15) is 23.1 Å². The number of methoxy groups -OCH3 is 1. The second-order valence-electron chi connectivity index (χ2n) is 7.11. The fourth-order valence-corrected chi connectivity index (χ4v) is 3.52. The quantitative estimate of drug-likeness (QED) is 0.194. The van der Waals surface area contributed by atoms with Gasteiger partial charge in [0.2, 0.25) is 0 Å². The molecule has 0 saturated heterocycles. The van der Waals surface area contributed by atoms with Crippen LogP contribution in [0.3, 0.4) is 0 Å². The number of rotatable bonds is 9. The van der Waals surface area contributed by atoms with E-state index in [0.29, 0.717) is 17.5 Å². The SMILES string of the molecule is C=N/C(=N\SCOc1cc(C)c(NC2=NCCCN2)cc1C)c1ccc(OCOC)cc1. The first-order chi connectivity index (χ1) is 15.6. The van der Waals surface area contributed by atoms with Crippen molar-refractivity contribution in [2.75, 3.05) is 38.2 Å². The summed E-state index contributed by atoms with van der Waals surface area (Å²) in [5.41, 5.74) is 3.98. The van der Waals surface area contributed by atoms with Gasteiger partial charge in [0.15, 0.2) is 24.5 Å². The van der Waals surface area contributed by atoms with Crippen molar-refractivity contribution in [3.63, 3.8) is 0 Å². The van der Waals surface area contributed by atoms with Gasteiger partial charge in [-0.1, -0.05) is 0 Å². The topological polar surface area (TPSA) is 88.8 Å². The summed E-state index contributed by atoms with van der Waals surface area (Å²) in [5, 5.41) is 6.64. The molecule has 0 unspecified atom stereocenters. The highest BCUT2D eigenvalue weighted by atomic mass is 32.2. The molecule has 0 bridgehead atoms. The van der Waals surface area contributed by atoms with Crippen molar-refractivity contribution < 1.29 is 14.2 Å². The van der Waals surface area contributed by atoms with Gasteiger partial charge < -0.3 is 24.8 Å². The third kappa shape index (κ3) is 6.73. The third-order valence-electron chi connectivity index (χ3n) is 4.70. The van der Waals surface area contributed by atoms with E-state index in [1.54, 1.807) is 7.11 Å².